The van der Waals surface area contributed by atoms with E-state index in [1.165, 1.54) is 7.11 Å². The molecule has 0 spiro atoms. The molecule has 0 radical (unpaired) electrons. The van der Waals surface area contributed by atoms with E-state index in [2.05, 4.69) is 10.6 Å². The van der Waals surface area contributed by atoms with Gasteiger partial charge in [-0.3, -0.25) is 4.79 Å². The molecule has 0 bridgehead atoms. The first-order valence-electron chi connectivity index (χ1n) is 13.5. The Hall–Kier alpha value is -3.55. The topological polar surface area (TPSA) is 97.0 Å². The molecule has 1 fully saturated rings. The van der Waals surface area contributed by atoms with Gasteiger partial charge in [-0.1, -0.05) is 69.2 Å². The Morgan fingerprint density at radius 1 is 0.842 bits per heavy atom. The molecular weight excluding hydrogens is 482 g/mol. The van der Waals surface area contributed by atoms with Gasteiger partial charge in [0.2, 0.25) is 5.91 Å². The number of amides is 3. The Bertz CT molecular complexity index is 1020. The second kappa shape index (κ2) is 15.0. The lowest BCUT2D eigenvalue weighted by atomic mass is 10.0. The number of carbonyl (C=O) groups is 3. The number of benzene rings is 2. The van der Waals surface area contributed by atoms with Crippen LogP contribution in [-0.2, 0) is 27.4 Å². The van der Waals surface area contributed by atoms with Crippen molar-refractivity contribution < 1.29 is 23.9 Å². The summed E-state index contributed by atoms with van der Waals surface area (Å²) in [5.74, 6) is -0.0374. The monoisotopic (exact) mass is 523 g/mol. The molecule has 3 amide bonds. The molecule has 0 aromatic heterocycles. The maximum atomic E-state index is 13.3. The van der Waals surface area contributed by atoms with E-state index in [-0.39, 0.29) is 24.3 Å². The lowest BCUT2D eigenvalue weighted by molar-refractivity contribution is -0.145. The van der Waals surface area contributed by atoms with Crippen molar-refractivity contribution in [2.45, 2.75) is 71.1 Å². The highest BCUT2D eigenvalue weighted by Gasteiger charge is 2.29. The van der Waals surface area contributed by atoms with Gasteiger partial charge in [-0.05, 0) is 48.4 Å². The van der Waals surface area contributed by atoms with E-state index < -0.39 is 18.1 Å². The van der Waals surface area contributed by atoms with Crippen LogP contribution in [0.1, 0.15) is 57.1 Å². The van der Waals surface area contributed by atoms with E-state index in [9.17, 15) is 14.4 Å². The molecule has 2 N–H and O–H groups in total. The van der Waals surface area contributed by atoms with Crippen LogP contribution in [0.15, 0.2) is 54.6 Å². The van der Waals surface area contributed by atoms with Crippen LogP contribution in [-0.4, -0.2) is 55.1 Å². The summed E-state index contributed by atoms with van der Waals surface area (Å²) in [4.78, 5) is 40.6. The van der Waals surface area contributed by atoms with E-state index in [4.69, 9.17) is 9.47 Å². The van der Waals surface area contributed by atoms with Gasteiger partial charge in [0.15, 0.2) is 0 Å². The number of rotatable bonds is 11. The second-order valence-electron chi connectivity index (χ2n) is 10.2. The second-order valence-corrected chi connectivity index (χ2v) is 10.2. The molecule has 2 aromatic rings. The number of methoxy groups -OCH3 is 1. The summed E-state index contributed by atoms with van der Waals surface area (Å²) in [6.07, 6.45) is 4.88. The molecular formula is C30H41N3O5. The van der Waals surface area contributed by atoms with Crippen molar-refractivity contribution in [3.05, 3.63) is 65.7 Å². The predicted molar refractivity (Wildman–Crippen MR) is 147 cm³/mol. The van der Waals surface area contributed by atoms with Crippen LogP contribution in [0.3, 0.4) is 0 Å². The first-order valence-corrected chi connectivity index (χ1v) is 13.5. The Morgan fingerprint density at radius 2 is 1.50 bits per heavy atom. The maximum Gasteiger partial charge on any atom is 0.328 e. The van der Waals surface area contributed by atoms with Gasteiger partial charge in [0.25, 0.3) is 0 Å². The number of hydrogen-bond acceptors (Lipinski definition) is 5. The molecule has 8 heteroatoms. The zero-order valence-corrected chi connectivity index (χ0v) is 22.8. The van der Waals surface area contributed by atoms with Gasteiger partial charge in [0, 0.05) is 19.5 Å². The molecule has 1 heterocycles. The number of ether oxygens (including phenoxy) is 2. The van der Waals surface area contributed by atoms with E-state index in [1.807, 2.05) is 68.4 Å². The molecule has 0 aliphatic carbocycles. The summed E-state index contributed by atoms with van der Waals surface area (Å²) in [5.41, 5.74) is 1.92. The zero-order chi connectivity index (χ0) is 27.3. The molecule has 38 heavy (non-hydrogen) atoms. The highest BCUT2D eigenvalue weighted by Crippen LogP contribution is 2.16. The van der Waals surface area contributed by atoms with Crippen LogP contribution in [0.25, 0.3) is 0 Å². The van der Waals surface area contributed by atoms with Crippen LogP contribution in [0, 0.1) is 5.92 Å². The third-order valence-corrected chi connectivity index (χ3v) is 6.63. The standard InChI is InChI=1S/C30H41N3O5/c1-22(2)19-26(32-30(36)33-17-9-4-5-10-18-33)28(34)31-27(29(35)37-3)20-23-13-15-25(16-14-23)38-21-24-11-7-6-8-12-24/h6-8,11-16,22,26-27H,4-5,9-10,17-21H2,1-3H3,(H,31,34)(H,32,36). The van der Waals surface area contributed by atoms with Crippen LogP contribution in [0.5, 0.6) is 5.75 Å². The molecule has 1 aliphatic heterocycles. The average molecular weight is 524 g/mol. The summed E-state index contributed by atoms with van der Waals surface area (Å²) < 4.78 is 10.8. The SMILES string of the molecule is COC(=O)C(Cc1ccc(OCc2ccccc2)cc1)NC(=O)C(CC(C)C)NC(=O)N1CCCCCC1. The Balaban J connectivity index is 1.62. The molecule has 206 valence electrons. The number of urea groups is 1. The molecule has 1 saturated heterocycles. The predicted octanol–water partition coefficient (Wildman–Crippen LogP) is 4.47. The van der Waals surface area contributed by atoms with Crippen molar-refractivity contribution in [3.8, 4) is 5.75 Å². The number of carbonyl (C=O) groups excluding carboxylic acids is 3. The molecule has 1 aliphatic rings. The fourth-order valence-electron chi connectivity index (χ4n) is 4.52. The third kappa shape index (κ3) is 9.39. The van der Waals surface area contributed by atoms with Crippen molar-refractivity contribution in [1.29, 1.82) is 0 Å². The molecule has 2 unspecified atom stereocenters. The zero-order valence-electron chi connectivity index (χ0n) is 22.8. The van der Waals surface area contributed by atoms with Crippen molar-refractivity contribution in [1.82, 2.24) is 15.5 Å². The highest BCUT2D eigenvalue weighted by molar-refractivity contribution is 5.90. The molecule has 2 aromatic carbocycles. The average Bonchev–Trinajstić information content (AvgIpc) is 3.21. The number of hydrogen-bond donors (Lipinski definition) is 2. The van der Waals surface area contributed by atoms with Crippen molar-refractivity contribution >= 4 is 17.9 Å². The van der Waals surface area contributed by atoms with Gasteiger partial charge in [-0.15, -0.1) is 0 Å². The highest BCUT2D eigenvalue weighted by atomic mass is 16.5. The van der Waals surface area contributed by atoms with Gasteiger partial charge in [0.1, 0.15) is 24.4 Å². The fraction of sp³-hybridized carbons (Fsp3) is 0.500. The minimum Gasteiger partial charge on any atom is -0.489 e. The number of nitrogens with zero attached hydrogens (tertiary/aromatic N) is 1. The van der Waals surface area contributed by atoms with Gasteiger partial charge in [-0.2, -0.15) is 0 Å². The summed E-state index contributed by atoms with van der Waals surface area (Å²) in [6.45, 7) is 5.84. The lowest BCUT2D eigenvalue weighted by Crippen LogP contribution is -2.55. The van der Waals surface area contributed by atoms with E-state index >= 15 is 0 Å². The minimum absolute atomic E-state index is 0.176. The van der Waals surface area contributed by atoms with Crippen molar-refractivity contribution in [2.24, 2.45) is 5.92 Å². The van der Waals surface area contributed by atoms with Gasteiger partial charge >= 0.3 is 12.0 Å². The Morgan fingerprint density at radius 3 is 2.11 bits per heavy atom. The Kier molecular flexibility index (Phi) is 11.5. The fourth-order valence-corrected chi connectivity index (χ4v) is 4.52. The first kappa shape index (κ1) is 29.0. The summed E-state index contributed by atoms with van der Waals surface area (Å²) >= 11 is 0. The van der Waals surface area contributed by atoms with Crippen LogP contribution in [0.2, 0.25) is 0 Å². The van der Waals surface area contributed by atoms with Crippen LogP contribution >= 0.6 is 0 Å². The van der Waals surface area contributed by atoms with Gasteiger partial charge < -0.3 is 25.0 Å². The normalized spacial score (nSPS) is 15.2. The summed E-state index contributed by atoms with van der Waals surface area (Å²) in [7, 11) is 1.30. The van der Waals surface area contributed by atoms with Gasteiger partial charge in [0.05, 0.1) is 7.11 Å². The largest absolute Gasteiger partial charge is 0.489 e. The molecule has 8 nitrogen and oxygen atoms in total. The molecule has 0 saturated carbocycles. The van der Waals surface area contributed by atoms with E-state index in [0.29, 0.717) is 31.9 Å². The van der Waals surface area contributed by atoms with Crippen molar-refractivity contribution in [3.63, 3.8) is 0 Å². The first-order chi connectivity index (χ1) is 18.4. The third-order valence-electron chi connectivity index (χ3n) is 6.63. The van der Waals surface area contributed by atoms with Crippen LogP contribution in [0.4, 0.5) is 4.79 Å². The number of nitrogens with one attached hydrogen (secondary N) is 2. The quantitative estimate of drug-likeness (QED) is 0.424. The van der Waals surface area contributed by atoms with E-state index in [1.54, 1.807) is 4.90 Å². The molecule has 3 rings (SSSR count). The smallest absolute Gasteiger partial charge is 0.328 e. The number of esters is 1. The lowest BCUT2D eigenvalue weighted by Gasteiger charge is -2.27. The maximum absolute atomic E-state index is 13.3. The molecule has 2 atom stereocenters. The Labute approximate surface area is 226 Å². The number of likely N-dealkylation sites (tertiary alicyclic amines) is 1. The van der Waals surface area contributed by atoms with E-state index in [0.717, 1.165) is 36.8 Å². The van der Waals surface area contributed by atoms with Crippen molar-refractivity contribution in [2.75, 3.05) is 20.2 Å². The van der Waals surface area contributed by atoms with Gasteiger partial charge in [-0.25, -0.2) is 9.59 Å². The summed E-state index contributed by atoms with van der Waals surface area (Å²) in [5, 5.41) is 5.74. The summed E-state index contributed by atoms with van der Waals surface area (Å²) in [6, 6.07) is 15.5. The minimum atomic E-state index is -0.881. The van der Waals surface area contributed by atoms with Crippen LogP contribution < -0.4 is 15.4 Å².